The molecule has 4 N–H and O–H groups in total. The van der Waals surface area contributed by atoms with E-state index in [0.29, 0.717) is 5.56 Å². The van der Waals surface area contributed by atoms with E-state index in [0.717, 1.165) is 36.8 Å². The van der Waals surface area contributed by atoms with Crippen molar-refractivity contribution in [3.8, 4) is 0 Å². The van der Waals surface area contributed by atoms with Gasteiger partial charge in [-0.2, -0.15) is 0 Å². The Labute approximate surface area is 153 Å². The Hall–Kier alpha value is -2.57. The van der Waals surface area contributed by atoms with Crippen LogP contribution in [-0.2, 0) is 9.59 Å². The summed E-state index contributed by atoms with van der Waals surface area (Å²) in [6.07, 6.45) is 5.29. The van der Waals surface area contributed by atoms with Crippen LogP contribution in [0.4, 0.5) is 4.79 Å². The van der Waals surface area contributed by atoms with Gasteiger partial charge in [0.1, 0.15) is 0 Å². The SMILES string of the molecule is Cc1ccc(C(NC(=O)CNC(=O)NC2CCCCC2)C(=O)O)cc1C. The summed E-state index contributed by atoms with van der Waals surface area (Å²) in [5, 5.41) is 17.2. The maximum Gasteiger partial charge on any atom is 0.330 e. The van der Waals surface area contributed by atoms with Crippen LogP contribution in [0.15, 0.2) is 18.2 Å². The fraction of sp³-hybridized carbons (Fsp3) is 0.526. The normalized spacial score (nSPS) is 15.8. The van der Waals surface area contributed by atoms with Gasteiger partial charge >= 0.3 is 12.0 Å². The van der Waals surface area contributed by atoms with Crippen molar-refractivity contribution >= 4 is 17.9 Å². The number of hydrogen-bond donors (Lipinski definition) is 4. The van der Waals surface area contributed by atoms with Crippen molar-refractivity contribution in [2.24, 2.45) is 0 Å². The summed E-state index contributed by atoms with van der Waals surface area (Å²) in [5.74, 6) is -1.69. The minimum absolute atomic E-state index is 0.147. The van der Waals surface area contributed by atoms with Gasteiger partial charge in [0, 0.05) is 6.04 Å². The second kappa shape index (κ2) is 9.22. The van der Waals surface area contributed by atoms with E-state index in [2.05, 4.69) is 16.0 Å². The van der Waals surface area contributed by atoms with Crippen LogP contribution in [0.3, 0.4) is 0 Å². The third-order valence-corrected chi connectivity index (χ3v) is 4.77. The third kappa shape index (κ3) is 5.75. The molecule has 142 valence electrons. The molecule has 26 heavy (non-hydrogen) atoms. The summed E-state index contributed by atoms with van der Waals surface area (Å²) in [6, 6.07) is 3.86. The summed E-state index contributed by atoms with van der Waals surface area (Å²) in [5.41, 5.74) is 2.50. The predicted molar refractivity (Wildman–Crippen MR) is 97.8 cm³/mol. The van der Waals surface area contributed by atoms with Gasteiger partial charge in [-0.1, -0.05) is 37.5 Å². The number of aryl methyl sites for hydroxylation is 2. The van der Waals surface area contributed by atoms with Gasteiger partial charge in [-0.3, -0.25) is 4.79 Å². The van der Waals surface area contributed by atoms with Crippen molar-refractivity contribution in [1.29, 1.82) is 0 Å². The molecule has 0 aliphatic heterocycles. The molecule has 0 bridgehead atoms. The lowest BCUT2D eigenvalue weighted by Crippen LogP contribution is -2.47. The molecule has 0 radical (unpaired) electrons. The minimum atomic E-state index is -1.15. The molecule has 1 atom stereocenters. The number of nitrogens with one attached hydrogen (secondary N) is 3. The lowest BCUT2D eigenvalue weighted by molar-refractivity contribution is -0.141. The first-order chi connectivity index (χ1) is 12.4. The lowest BCUT2D eigenvalue weighted by atomic mass is 9.96. The van der Waals surface area contributed by atoms with Gasteiger partial charge in [-0.25, -0.2) is 9.59 Å². The summed E-state index contributed by atoms with van der Waals surface area (Å²) >= 11 is 0. The summed E-state index contributed by atoms with van der Waals surface area (Å²) in [6.45, 7) is 3.55. The molecule has 1 saturated carbocycles. The number of urea groups is 1. The number of carboxylic acids is 1. The van der Waals surface area contributed by atoms with Crippen molar-refractivity contribution in [2.45, 2.75) is 58.0 Å². The standard InChI is InChI=1S/C19H27N3O4/c1-12-8-9-14(10-13(12)2)17(18(24)25)22-16(23)11-20-19(26)21-15-6-4-3-5-7-15/h8-10,15,17H,3-7,11H2,1-2H3,(H,22,23)(H,24,25)(H2,20,21,26). The number of amides is 3. The second-order valence-corrected chi connectivity index (χ2v) is 6.84. The molecule has 2 rings (SSSR count). The average molecular weight is 361 g/mol. The van der Waals surface area contributed by atoms with Crippen LogP contribution in [0.5, 0.6) is 0 Å². The Morgan fingerprint density at radius 1 is 1.12 bits per heavy atom. The van der Waals surface area contributed by atoms with Crippen LogP contribution in [0.2, 0.25) is 0 Å². The van der Waals surface area contributed by atoms with Crippen molar-refractivity contribution in [1.82, 2.24) is 16.0 Å². The molecule has 7 nitrogen and oxygen atoms in total. The molecular weight excluding hydrogens is 334 g/mol. The monoisotopic (exact) mass is 361 g/mol. The molecule has 7 heteroatoms. The largest absolute Gasteiger partial charge is 0.479 e. The zero-order chi connectivity index (χ0) is 19.1. The van der Waals surface area contributed by atoms with Gasteiger partial charge in [0.25, 0.3) is 0 Å². The quantitative estimate of drug-likeness (QED) is 0.623. The number of carbonyl (C=O) groups excluding carboxylic acids is 2. The van der Waals surface area contributed by atoms with E-state index in [9.17, 15) is 19.5 Å². The molecule has 1 aliphatic rings. The third-order valence-electron chi connectivity index (χ3n) is 4.77. The number of hydrogen-bond acceptors (Lipinski definition) is 3. The zero-order valence-corrected chi connectivity index (χ0v) is 15.3. The molecule has 0 spiro atoms. The van der Waals surface area contributed by atoms with E-state index < -0.39 is 23.9 Å². The van der Waals surface area contributed by atoms with Gasteiger partial charge in [0.05, 0.1) is 6.54 Å². The molecular formula is C19H27N3O4. The first-order valence-electron chi connectivity index (χ1n) is 9.00. The Balaban J connectivity index is 1.86. The van der Waals surface area contributed by atoms with Crippen LogP contribution in [0, 0.1) is 13.8 Å². The highest BCUT2D eigenvalue weighted by atomic mass is 16.4. The molecule has 1 aliphatic carbocycles. The van der Waals surface area contributed by atoms with Gasteiger partial charge < -0.3 is 21.1 Å². The summed E-state index contributed by atoms with van der Waals surface area (Å²) in [4.78, 5) is 35.4. The van der Waals surface area contributed by atoms with Gasteiger partial charge in [-0.15, -0.1) is 0 Å². The molecule has 1 fully saturated rings. The highest BCUT2D eigenvalue weighted by Crippen LogP contribution is 2.18. The molecule has 1 unspecified atom stereocenters. The smallest absolute Gasteiger partial charge is 0.330 e. The van der Waals surface area contributed by atoms with Crippen LogP contribution < -0.4 is 16.0 Å². The van der Waals surface area contributed by atoms with E-state index in [1.54, 1.807) is 12.1 Å². The van der Waals surface area contributed by atoms with Gasteiger partial charge in [0.2, 0.25) is 5.91 Å². The Kier molecular flexibility index (Phi) is 7.00. The van der Waals surface area contributed by atoms with Crippen molar-refractivity contribution in [3.05, 3.63) is 34.9 Å². The second-order valence-electron chi connectivity index (χ2n) is 6.84. The number of carboxylic acid groups (broad SMARTS) is 1. The minimum Gasteiger partial charge on any atom is -0.479 e. The Bertz CT molecular complexity index is 669. The van der Waals surface area contributed by atoms with E-state index in [1.807, 2.05) is 19.9 Å². The van der Waals surface area contributed by atoms with E-state index in [-0.39, 0.29) is 12.6 Å². The van der Waals surface area contributed by atoms with Crippen LogP contribution >= 0.6 is 0 Å². The van der Waals surface area contributed by atoms with Crippen LogP contribution in [0.1, 0.15) is 54.8 Å². The van der Waals surface area contributed by atoms with Crippen molar-refractivity contribution < 1.29 is 19.5 Å². The number of aliphatic carboxylic acids is 1. The Morgan fingerprint density at radius 2 is 1.81 bits per heavy atom. The zero-order valence-electron chi connectivity index (χ0n) is 15.3. The average Bonchev–Trinajstić information content (AvgIpc) is 2.61. The van der Waals surface area contributed by atoms with Crippen LogP contribution in [0.25, 0.3) is 0 Å². The van der Waals surface area contributed by atoms with Gasteiger partial charge in [-0.05, 0) is 43.4 Å². The highest BCUT2D eigenvalue weighted by molar-refractivity contribution is 5.88. The number of carbonyl (C=O) groups is 3. The lowest BCUT2D eigenvalue weighted by Gasteiger charge is -2.23. The predicted octanol–water partition coefficient (Wildman–Crippen LogP) is 2.18. The maximum absolute atomic E-state index is 12.1. The Morgan fingerprint density at radius 3 is 2.42 bits per heavy atom. The summed E-state index contributed by atoms with van der Waals surface area (Å²) < 4.78 is 0. The fourth-order valence-electron chi connectivity index (χ4n) is 3.09. The van der Waals surface area contributed by atoms with Crippen molar-refractivity contribution in [2.75, 3.05) is 6.54 Å². The molecule has 0 saturated heterocycles. The first-order valence-corrected chi connectivity index (χ1v) is 9.00. The van der Waals surface area contributed by atoms with Crippen LogP contribution in [-0.4, -0.2) is 35.6 Å². The molecule has 1 aromatic carbocycles. The highest BCUT2D eigenvalue weighted by Gasteiger charge is 2.23. The number of benzene rings is 1. The molecule has 3 amide bonds. The molecule has 0 aromatic heterocycles. The molecule has 1 aromatic rings. The fourth-order valence-corrected chi connectivity index (χ4v) is 3.09. The summed E-state index contributed by atoms with van der Waals surface area (Å²) in [7, 11) is 0. The molecule has 0 heterocycles. The maximum atomic E-state index is 12.1. The first kappa shape index (κ1) is 19.8. The van der Waals surface area contributed by atoms with E-state index in [4.69, 9.17) is 0 Å². The van der Waals surface area contributed by atoms with E-state index in [1.165, 1.54) is 6.42 Å². The van der Waals surface area contributed by atoms with Crippen molar-refractivity contribution in [3.63, 3.8) is 0 Å². The topological polar surface area (TPSA) is 108 Å². The number of rotatable bonds is 6. The van der Waals surface area contributed by atoms with Gasteiger partial charge in [0.15, 0.2) is 6.04 Å². The van der Waals surface area contributed by atoms with E-state index >= 15 is 0 Å².